The molecule has 0 saturated heterocycles. The maximum absolute atomic E-state index is 12.0. The van der Waals surface area contributed by atoms with Crippen LogP contribution >= 0.6 is 31.9 Å². The van der Waals surface area contributed by atoms with Gasteiger partial charge in [-0.3, -0.25) is 4.79 Å². The number of amides is 1. The zero-order chi connectivity index (χ0) is 17.7. The number of nitrogens with zero attached hydrogens (tertiary/aromatic N) is 1. The van der Waals surface area contributed by atoms with E-state index in [4.69, 9.17) is 10.5 Å². The van der Waals surface area contributed by atoms with E-state index in [0.717, 1.165) is 20.3 Å². The molecule has 0 fully saturated rings. The fraction of sp³-hybridized carbons (Fsp3) is 0.176. The number of nitrogen functional groups attached to an aromatic ring is 1. The summed E-state index contributed by atoms with van der Waals surface area (Å²) in [6.07, 6.45) is 1.63. The van der Waals surface area contributed by atoms with Gasteiger partial charge in [0.05, 0.1) is 21.3 Å². The average Bonchev–Trinajstić information content (AvgIpc) is 2.51. The second kappa shape index (κ2) is 8.30. The Balaban J connectivity index is 2.06. The molecule has 2 rings (SSSR count). The van der Waals surface area contributed by atoms with Crippen LogP contribution in [0, 0.1) is 0 Å². The summed E-state index contributed by atoms with van der Waals surface area (Å²) >= 11 is 6.95. The quantitative estimate of drug-likeness (QED) is 0.400. The summed E-state index contributed by atoms with van der Waals surface area (Å²) in [7, 11) is 0. The van der Waals surface area contributed by atoms with Crippen molar-refractivity contribution < 1.29 is 9.53 Å². The predicted molar refractivity (Wildman–Crippen MR) is 104 cm³/mol. The van der Waals surface area contributed by atoms with Crippen LogP contribution in [0.3, 0.4) is 0 Å². The van der Waals surface area contributed by atoms with Crippen LogP contribution < -0.4 is 15.9 Å². The van der Waals surface area contributed by atoms with Crippen molar-refractivity contribution in [1.29, 1.82) is 0 Å². The molecule has 0 aliphatic carbocycles. The Morgan fingerprint density at radius 3 is 2.33 bits per heavy atom. The maximum Gasteiger partial charge on any atom is 0.271 e. The third-order valence-electron chi connectivity index (χ3n) is 2.93. The standard InChI is InChI=1S/C17H17Br2N3O2/c1-10(2)24-16-14(18)7-11(8-15(16)19)9-21-22-17(23)12-3-5-13(20)6-4-12/h3-10H,20H2,1-2H3,(H,22,23)/b21-9-. The van der Waals surface area contributed by atoms with Gasteiger partial charge in [-0.2, -0.15) is 5.10 Å². The van der Waals surface area contributed by atoms with Crippen molar-refractivity contribution in [2.75, 3.05) is 5.73 Å². The number of carbonyl (C=O) groups excluding carboxylic acids is 1. The van der Waals surface area contributed by atoms with E-state index in [2.05, 4.69) is 42.4 Å². The summed E-state index contributed by atoms with van der Waals surface area (Å²) in [4.78, 5) is 12.0. The molecule has 2 aromatic rings. The smallest absolute Gasteiger partial charge is 0.271 e. The Kier molecular flexibility index (Phi) is 6.39. The molecule has 0 unspecified atom stereocenters. The first-order valence-electron chi connectivity index (χ1n) is 7.21. The molecule has 24 heavy (non-hydrogen) atoms. The molecule has 0 aliphatic heterocycles. The molecule has 0 atom stereocenters. The number of hydrogen-bond acceptors (Lipinski definition) is 4. The topological polar surface area (TPSA) is 76.7 Å². The number of halogens is 2. The lowest BCUT2D eigenvalue weighted by Crippen LogP contribution is -2.17. The minimum atomic E-state index is -0.302. The van der Waals surface area contributed by atoms with Gasteiger partial charge in [-0.1, -0.05) is 0 Å². The van der Waals surface area contributed by atoms with Gasteiger partial charge < -0.3 is 10.5 Å². The minimum Gasteiger partial charge on any atom is -0.489 e. The van der Waals surface area contributed by atoms with Gasteiger partial charge in [0.25, 0.3) is 5.91 Å². The summed E-state index contributed by atoms with van der Waals surface area (Å²) in [6, 6.07) is 10.3. The number of ether oxygens (including phenoxy) is 1. The van der Waals surface area contributed by atoms with Crippen molar-refractivity contribution >= 4 is 49.7 Å². The molecule has 2 aromatic carbocycles. The molecule has 1 amide bonds. The predicted octanol–water partition coefficient (Wildman–Crippen LogP) is 4.34. The number of hydrogen-bond donors (Lipinski definition) is 2. The van der Waals surface area contributed by atoms with Crippen LogP contribution in [0.2, 0.25) is 0 Å². The number of benzene rings is 2. The minimum absolute atomic E-state index is 0.0660. The van der Waals surface area contributed by atoms with Crippen molar-refractivity contribution in [2.45, 2.75) is 20.0 Å². The molecule has 0 heterocycles. The summed E-state index contributed by atoms with van der Waals surface area (Å²) in [5.74, 6) is 0.428. The molecule has 0 bridgehead atoms. The molecular weight excluding hydrogens is 438 g/mol. The van der Waals surface area contributed by atoms with Gasteiger partial charge in [0.2, 0.25) is 0 Å². The van der Waals surface area contributed by atoms with Crippen LogP contribution in [0.4, 0.5) is 5.69 Å². The van der Waals surface area contributed by atoms with E-state index in [1.165, 1.54) is 0 Å². The fourth-order valence-electron chi connectivity index (χ4n) is 1.87. The van der Waals surface area contributed by atoms with E-state index in [-0.39, 0.29) is 12.0 Å². The monoisotopic (exact) mass is 453 g/mol. The first-order chi connectivity index (χ1) is 11.4. The van der Waals surface area contributed by atoms with Crippen LogP contribution in [-0.2, 0) is 0 Å². The van der Waals surface area contributed by atoms with E-state index < -0.39 is 0 Å². The van der Waals surface area contributed by atoms with Crippen molar-refractivity contribution in [3.05, 3.63) is 56.5 Å². The normalized spacial score (nSPS) is 11.0. The number of anilines is 1. The Hall–Kier alpha value is -1.86. The Morgan fingerprint density at radius 2 is 1.79 bits per heavy atom. The van der Waals surface area contributed by atoms with Crippen LogP contribution in [0.15, 0.2) is 50.4 Å². The third kappa shape index (κ3) is 5.07. The Bertz CT molecular complexity index is 736. The molecule has 3 N–H and O–H groups in total. The molecular formula is C17H17Br2N3O2. The summed E-state index contributed by atoms with van der Waals surface area (Å²) < 4.78 is 7.33. The van der Waals surface area contributed by atoms with E-state index in [9.17, 15) is 4.79 Å². The largest absolute Gasteiger partial charge is 0.489 e. The summed E-state index contributed by atoms with van der Waals surface area (Å²) in [5, 5.41) is 3.97. The molecule has 0 aromatic heterocycles. The van der Waals surface area contributed by atoms with Crippen LogP contribution in [0.25, 0.3) is 0 Å². The number of nitrogens with two attached hydrogens (primary N) is 1. The van der Waals surface area contributed by atoms with Gasteiger partial charge in [0.15, 0.2) is 0 Å². The lowest BCUT2D eigenvalue weighted by atomic mass is 10.2. The molecule has 0 spiro atoms. The Labute approximate surface area is 157 Å². The highest BCUT2D eigenvalue weighted by Gasteiger charge is 2.10. The van der Waals surface area contributed by atoms with Gasteiger partial charge >= 0.3 is 0 Å². The first-order valence-corrected chi connectivity index (χ1v) is 8.80. The lowest BCUT2D eigenvalue weighted by molar-refractivity contribution is 0.0955. The van der Waals surface area contributed by atoms with E-state index >= 15 is 0 Å². The number of carbonyl (C=O) groups is 1. The van der Waals surface area contributed by atoms with E-state index in [1.54, 1.807) is 30.5 Å². The Morgan fingerprint density at radius 1 is 1.21 bits per heavy atom. The average molecular weight is 455 g/mol. The third-order valence-corrected chi connectivity index (χ3v) is 4.10. The zero-order valence-corrected chi connectivity index (χ0v) is 16.4. The first kappa shape index (κ1) is 18.5. The molecule has 126 valence electrons. The lowest BCUT2D eigenvalue weighted by Gasteiger charge is -2.13. The second-order valence-electron chi connectivity index (χ2n) is 5.30. The number of hydrazone groups is 1. The van der Waals surface area contributed by atoms with Crippen molar-refractivity contribution in [1.82, 2.24) is 5.43 Å². The highest BCUT2D eigenvalue weighted by atomic mass is 79.9. The fourth-order valence-corrected chi connectivity index (χ4v) is 3.28. The highest BCUT2D eigenvalue weighted by Crippen LogP contribution is 2.35. The van der Waals surface area contributed by atoms with Crippen molar-refractivity contribution in [2.24, 2.45) is 5.10 Å². The van der Waals surface area contributed by atoms with Crippen LogP contribution in [0.5, 0.6) is 5.75 Å². The van der Waals surface area contributed by atoms with Gasteiger partial charge in [-0.15, -0.1) is 0 Å². The summed E-state index contributed by atoms with van der Waals surface area (Å²) in [6.45, 7) is 3.92. The van der Waals surface area contributed by atoms with Gasteiger partial charge in [-0.25, -0.2) is 5.43 Å². The van der Waals surface area contributed by atoms with E-state index in [1.807, 2.05) is 26.0 Å². The van der Waals surface area contributed by atoms with E-state index in [0.29, 0.717) is 11.3 Å². The van der Waals surface area contributed by atoms with Crippen molar-refractivity contribution in [3.63, 3.8) is 0 Å². The molecule has 0 radical (unpaired) electrons. The highest BCUT2D eigenvalue weighted by molar-refractivity contribution is 9.11. The SMILES string of the molecule is CC(C)Oc1c(Br)cc(/C=N\NC(=O)c2ccc(N)cc2)cc1Br. The van der Waals surface area contributed by atoms with Crippen LogP contribution in [-0.4, -0.2) is 18.2 Å². The van der Waals surface area contributed by atoms with Gasteiger partial charge in [0, 0.05) is 11.3 Å². The zero-order valence-electron chi connectivity index (χ0n) is 13.2. The molecule has 7 heteroatoms. The van der Waals surface area contributed by atoms with Crippen molar-refractivity contribution in [3.8, 4) is 5.75 Å². The molecule has 5 nitrogen and oxygen atoms in total. The molecule has 0 saturated carbocycles. The maximum atomic E-state index is 12.0. The molecule has 0 aliphatic rings. The van der Waals surface area contributed by atoms with Gasteiger partial charge in [0.1, 0.15) is 5.75 Å². The number of nitrogens with one attached hydrogen (secondary N) is 1. The van der Waals surface area contributed by atoms with Gasteiger partial charge in [-0.05, 0) is 87.7 Å². The number of rotatable bonds is 5. The summed E-state index contributed by atoms with van der Waals surface area (Å²) in [5.41, 5.74) is 9.98. The second-order valence-corrected chi connectivity index (χ2v) is 7.01. The van der Waals surface area contributed by atoms with Crippen LogP contribution in [0.1, 0.15) is 29.8 Å².